The number of amides is 2. The van der Waals surface area contributed by atoms with Crippen LogP contribution >= 0.6 is 0 Å². The summed E-state index contributed by atoms with van der Waals surface area (Å²) in [6.07, 6.45) is 3.63. The van der Waals surface area contributed by atoms with Crippen molar-refractivity contribution in [3.8, 4) is 6.07 Å². The molecule has 0 aromatic rings. The van der Waals surface area contributed by atoms with E-state index >= 15 is 0 Å². The van der Waals surface area contributed by atoms with E-state index in [1.807, 2.05) is 0 Å². The van der Waals surface area contributed by atoms with Gasteiger partial charge in [0.1, 0.15) is 6.42 Å². The summed E-state index contributed by atoms with van der Waals surface area (Å²) in [7, 11) is 0. The van der Waals surface area contributed by atoms with E-state index in [0.29, 0.717) is 19.5 Å². The number of nitrogens with zero attached hydrogens (tertiary/aromatic N) is 1. The first-order valence-corrected chi connectivity index (χ1v) is 4.75. The summed E-state index contributed by atoms with van der Waals surface area (Å²) < 4.78 is 0. The highest BCUT2D eigenvalue weighted by atomic mass is 16.2. The van der Waals surface area contributed by atoms with Gasteiger partial charge >= 0.3 is 0 Å². The van der Waals surface area contributed by atoms with E-state index in [0.717, 1.165) is 0 Å². The standard InChI is InChI=1S/C10H15N3O2/c1-2-4-9(14)12-7-3-8-13-10(15)5-6-11/h2,4H,3,5,7-8H2,1H3,(H,12,14)(H,13,15)/b4-2+. The molecule has 0 heterocycles. The molecule has 0 spiro atoms. The van der Waals surface area contributed by atoms with Gasteiger partial charge in [-0.15, -0.1) is 0 Å². The van der Waals surface area contributed by atoms with Crippen LogP contribution in [0.3, 0.4) is 0 Å². The van der Waals surface area contributed by atoms with Gasteiger partial charge in [0, 0.05) is 13.1 Å². The third-order valence-electron chi connectivity index (χ3n) is 1.53. The van der Waals surface area contributed by atoms with Crippen LogP contribution in [-0.2, 0) is 9.59 Å². The number of hydrogen-bond donors (Lipinski definition) is 2. The lowest BCUT2D eigenvalue weighted by Gasteiger charge is -2.03. The second-order valence-corrected chi connectivity index (χ2v) is 2.83. The van der Waals surface area contributed by atoms with Gasteiger partial charge in [0.2, 0.25) is 11.8 Å². The Balaban J connectivity index is 3.36. The largest absolute Gasteiger partial charge is 0.355 e. The van der Waals surface area contributed by atoms with Gasteiger partial charge in [0.25, 0.3) is 0 Å². The topological polar surface area (TPSA) is 82.0 Å². The zero-order valence-corrected chi connectivity index (χ0v) is 8.75. The number of allylic oxidation sites excluding steroid dienone is 1. The van der Waals surface area contributed by atoms with E-state index < -0.39 is 0 Å². The number of hydrogen-bond acceptors (Lipinski definition) is 3. The fourth-order valence-corrected chi connectivity index (χ4v) is 0.872. The van der Waals surface area contributed by atoms with Gasteiger partial charge < -0.3 is 10.6 Å². The molecule has 0 fully saturated rings. The highest BCUT2D eigenvalue weighted by Gasteiger charge is 1.98. The Morgan fingerprint density at radius 2 is 2.00 bits per heavy atom. The summed E-state index contributed by atoms with van der Waals surface area (Å²) in [5.41, 5.74) is 0. The van der Waals surface area contributed by atoms with Crippen LogP contribution in [0.2, 0.25) is 0 Å². The Morgan fingerprint density at radius 1 is 1.33 bits per heavy atom. The summed E-state index contributed by atoms with van der Waals surface area (Å²) in [4.78, 5) is 21.7. The molecule has 0 saturated heterocycles. The maximum absolute atomic E-state index is 10.9. The molecule has 0 unspecified atom stereocenters. The van der Waals surface area contributed by atoms with E-state index in [-0.39, 0.29) is 18.2 Å². The zero-order valence-electron chi connectivity index (χ0n) is 8.75. The number of rotatable bonds is 6. The Morgan fingerprint density at radius 3 is 2.60 bits per heavy atom. The minimum atomic E-state index is -0.280. The maximum atomic E-state index is 10.9. The zero-order chi connectivity index (χ0) is 11.5. The SMILES string of the molecule is C/C=C/C(=O)NCCCNC(=O)CC#N. The first-order valence-electron chi connectivity index (χ1n) is 4.75. The number of nitriles is 1. The van der Waals surface area contributed by atoms with Crippen LogP contribution < -0.4 is 10.6 Å². The molecule has 0 atom stereocenters. The highest BCUT2D eigenvalue weighted by molar-refractivity contribution is 5.87. The number of carbonyl (C=O) groups excluding carboxylic acids is 2. The number of nitrogens with one attached hydrogen (secondary N) is 2. The van der Waals surface area contributed by atoms with Gasteiger partial charge in [-0.1, -0.05) is 6.08 Å². The summed E-state index contributed by atoms with van der Waals surface area (Å²) in [5, 5.41) is 13.4. The second-order valence-electron chi connectivity index (χ2n) is 2.83. The summed E-state index contributed by atoms with van der Waals surface area (Å²) in [6.45, 7) is 2.74. The molecule has 0 aliphatic heterocycles. The maximum Gasteiger partial charge on any atom is 0.243 e. The molecule has 15 heavy (non-hydrogen) atoms. The van der Waals surface area contributed by atoms with E-state index in [1.54, 1.807) is 19.1 Å². The second kappa shape index (κ2) is 8.75. The predicted molar refractivity (Wildman–Crippen MR) is 55.7 cm³/mol. The van der Waals surface area contributed by atoms with Crippen LogP contribution in [0, 0.1) is 11.3 Å². The molecule has 0 rings (SSSR count). The third kappa shape index (κ3) is 8.50. The molecule has 0 aromatic carbocycles. The first kappa shape index (κ1) is 13.2. The lowest BCUT2D eigenvalue weighted by molar-refractivity contribution is -0.120. The quantitative estimate of drug-likeness (QED) is 0.480. The molecule has 0 bridgehead atoms. The number of carbonyl (C=O) groups is 2. The minimum Gasteiger partial charge on any atom is -0.355 e. The van der Waals surface area contributed by atoms with E-state index in [2.05, 4.69) is 10.6 Å². The van der Waals surface area contributed by atoms with Crippen molar-refractivity contribution in [2.45, 2.75) is 19.8 Å². The van der Waals surface area contributed by atoms with Crippen molar-refractivity contribution in [3.05, 3.63) is 12.2 Å². The Hall–Kier alpha value is -1.83. The average molecular weight is 209 g/mol. The van der Waals surface area contributed by atoms with Crippen molar-refractivity contribution in [2.24, 2.45) is 0 Å². The van der Waals surface area contributed by atoms with Crippen LogP contribution in [0.5, 0.6) is 0 Å². The van der Waals surface area contributed by atoms with Crippen molar-refractivity contribution >= 4 is 11.8 Å². The molecule has 2 amide bonds. The van der Waals surface area contributed by atoms with Crippen molar-refractivity contribution in [1.82, 2.24) is 10.6 Å². The van der Waals surface area contributed by atoms with Gasteiger partial charge in [0.05, 0.1) is 6.07 Å². The van der Waals surface area contributed by atoms with E-state index in [9.17, 15) is 9.59 Å². The highest BCUT2D eigenvalue weighted by Crippen LogP contribution is 1.79. The van der Waals surface area contributed by atoms with Crippen LogP contribution in [0.4, 0.5) is 0 Å². The molecule has 0 aliphatic rings. The van der Waals surface area contributed by atoms with Crippen LogP contribution in [0.25, 0.3) is 0 Å². The molecule has 5 nitrogen and oxygen atoms in total. The molecular formula is C10H15N3O2. The lowest BCUT2D eigenvalue weighted by Crippen LogP contribution is -2.28. The Kier molecular flexibility index (Phi) is 7.69. The summed E-state index contributed by atoms with van der Waals surface area (Å²) in [6, 6.07) is 1.75. The van der Waals surface area contributed by atoms with Crippen LogP contribution in [-0.4, -0.2) is 24.9 Å². The first-order chi connectivity index (χ1) is 7.20. The van der Waals surface area contributed by atoms with Gasteiger partial charge in [-0.2, -0.15) is 5.26 Å². The Bertz CT molecular complexity index is 279. The molecule has 5 heteroatoms. The lowest BCUT2D eigenvalue weighted by atomic mass is 10.3. The van der Waals surface area contributed by atoms with Gasteiger partial charge in [-0.05, 0) is 19.4 Å². The molecule has 0 radical (unpaired) electrons. The minimum absolute atomic E-state index is 0.120. The molecule has 0 saturated carbocycles. The monoisotopic (exact) mass is 209 g/mol. The van der Waals surface area contributed by atoms with E-state index in [1.165, 1.54) is 6.08 Å². The average Bonchev–Trinajstić information content (AvgIpc) is 2.18. The Labute approximate surface area is 89.1 Å². The van der Waals surface area contributed by atoms with Gasteiger partial charge in [-0.25, -0.2) is 0 Å². The molecule has 0 aromatic heterocycles. The molecule has 2 N–H and O–H groups in total. The molecule has 0 aliphatic carbocycles. The molecular weight excluding hydrogens is 194 g/mol. The summed E-state index contributed by atoms with van der Waals surface area (Å²) >= 11 is 0. The molecule has 82 valence electrons. The van der Waals surface area contributed by atoms with Crippen LogP contribution in [0.1, 0.15) is 19.8 Å². The van der Waals surface area contributed by atoms with Crippen molar-refractivity contribution in [2.75, 3.05) is 13.1 Å². The van der Waals surface area contributed by atoms with Gasteiger partial charge in [0.15, 0.2) is 0 Å². The fourth-order valence-electron chi connectivity index (χ4n) is 0.872. The smallest absolute Gasteiger partial charge is 0.243 e. The predicted octanol–water partition coefficient (Wildman–Crippen LogP) is 0.0987. The van der Waals surface area contributed by atoms with Crippen molar-refractivity contribution < 1.29 is 9.59 Å². The van der Waals surface area contributed by atoms with Gasteiger partial charge in [-0.3, -0.25) is 9.59 Å². The van der Waals surface area contributed by atoms with Crippen molar-refractivity contribution in [3.63, 3.8) is 0 Å². The summed E-state index contributed by atoms with van der Waals surface area (Å²) in [5.74, 6) is -0.418. The van der Waals surface area contributed by atoms with Crippen LogP contribution in [0.15, 0.2) is 12.2 Å². The van der Waals surface area contributed by atoms with Crippen molar-refractivity contribution in [1.29, 1.82) is 5.26 Å². The fraction of sp³-hybridized carbons (Fsp3) is 0.500. The van der Waals surface area contributed by atoms with E-state index in [4.69, 9.17) is 5.26 Å². The normalized spacial score (nSPS) is 9.60. The third-order valence-corrected chi connectivity index (χ3v) is 1.53.